The Bertz CT molecular complexity index is 1740. The van der Waals surface area contributed by atoms with Crippen LogP contribution in [0.5, 0.6) is 28.7 Å². The van der Waals surface area contributed by atoms with Crippen molar-refractivity contribution in [3.63, 3.8) is 0 Å². The van der Waals surface area contributed by atoms with Gasteiger partial charge in [0.25, 0.3) is 0 Å². The summed E-state index contributed by atoms with van der Waals surface area (Å²) in [5.41, 5.74) is 10.5. The number of hydrogen-bond donors (Lipinski definition) is 1. The van der Waals surface area contributed by atoms with Gasteiger partial charge < -0.3 is 29.4 Å². The highest BCUT2D eigenvalue weighted by Crippen LogP contribution is 2.45. The monoisotopic (exact) mass is 588 g/mol. The van der Waals surface area contributed by atoms with Gasteiger partial charge in [-0.2, -0.15) is 5.26 Å². The van der Waals surface area contributed by atoms with Crippen LogP contribution in [-0.4, -0.2) is 19.2 Å². The Morgan fingerprint density at radius 1 is 0.955 bits per heavy atom. The van der Waals surface area contributed by atoms with Crippen LogP contribution in [0.2, 0.25) is 0 Å². The summed E-state index contributed by atoms with van der Waals surface area (Å²) in [6.45, 7) is 8.73. The second kappa shape index (κ2) is 13.5. The minimum Gasteiger partial charge on any atom is -0.490 e. The van der Waals surface area contributed by atoms with Crippen LogP contribution in [0, 0.1) is 18.3 Å². The molecule has 1 heterocycles. The van der Waals surface area contributed by atoms with E-state index < -0.39 is 11.9 Å². The number of carbonyl (C=O) groups excluding carboxylic acids is 1. The van der Waals surface area contributed by atoms with Gasteiger partial charge in [-0.25, -0.2) is 4.79 Å². The van der Waals surface area contributed by atoms with E-state index in [0.29, 0.717) is 53.9 Å². The summed E-state index contributed by atoms with van der Waals surface area (Å²) in [4.78, 5) is 12.8. The molecule has 0 radical (unpaired) electrons. The molecule has 1 unspecified atom stereocenters. The van der Waals surface area contributed by atoms with Gasteiger partial charge in [-0.3, -0.25) is 0 Å². The molecule has 4 aromatic carbocycles. The summed E-state index contributed by atoms with van der Waals surface area (Å²) in [6, 6.07) is 27.5. The van der Waals surface area contributed by atoms with E-state index in [4.69, 9.17) is 29.4 Å². The predicted octanol–water partition coefficient (Wildman–Crippen LogP) is 6.97. The highest BCUT2D eigenvalue weighted by atomic mass is 16.5. The Labute approximate surface area is 256 Å². The maximum Gasteiger partial charge on any atom is 0.343 e. The second-order valence-corrected chi connectivity index (χ2v) is 10.1. The number of esters is 1. The SMILES string of the molecule is C=CCOc1ccc(C(=O)Oc2ccc3c(c2)OC(N)=C(C#N)C3c2ccc(OCc3ccc(C)cc3)c(OCC)c2)cc1. The summed E-state index contributed by atoms with van der Waals surface area (Å²) in [5, 5.41) is 10.0. The topological polar surface area (TPSA) is 113 Å². The van der Waals surface area contributed by atoms with E-state index in [1.54, 1.807) is 48.5 Å². The van der Waals surface area contributed by atoms with Gasteiger partial charge >= 0.3 is 5.97 Å². The minimum absolute atomic E-state index is 0.0266. The highest BCUT2D eigenvalue weighted by Gasteiger charge is 2.32. The quantitative estimate of drug-likeness (QED) is 0.113. The molecular formula is C36H32N2O6. The number of nitrogens with zero attached hydrogens (tertiary/aromatic N) is 1. The zero-order valence-corrected chi connectivity index (χ0v) is 24.5. The number of nitrogens with two attached hydrogens (primary N) is 1. The number of carbonyl (C=O) groups is 1. The molecule has 8 nitrogen and oxygen atoms in total. The Morgan fingerprint density at radius 3 is 2.41 bits per heavy atom. The second-order valence-electron chi connectivity index (χ2n) is 10.1. The van der Waals surface area contributed by atoms with Gasteiger partial charge in [0, 0.05) is 11.6 Å². The molecule has 0 spiro atoms. The van der Waals surface area contributed by atoms with Gasteiger partial charge in [-0.1, -0.05) is 54.6 Å². The lowest BCUT2D eigenvalue weighted by molar-refractivity contribution is 0.0734. The predicted molar refractivity (Wildman–Crippen MR) is 166 cm³/mol. The number of hydrogen-bond acceptors (Lipinski definition) is 8. The van der Waals surface area contributed by atoms with Gasteiger partial charge in [-0.15, -0.1) is 0 Å². The third kappa shape index (κ3) is 6.69. The van der Waals surface area contributed by atoms with E-state index in [0.717, 1.165) is 11.1 Å². The van der Waals surface area contributed by atoms with Gasteiger partial charge in [-0.05, 0) is 67.4 Å². The molecule has 0 aliphatic carbocycles. The summed E-state index contributed by atoms with van der Waals surface area (Å²) in [7, 11) is 0. The smallest absolute Gasteiger partial charge is 0.343 e. The van der Waals surface area contributed by atoms with Crippen molar-refractivity contribution in [2.45, 2.75) is 26.4 Å². The van der Waals surface area contributed by atoms with Crippen LogP contribution in [-0.2, 0) is 6.61 Å². The molecule has 222 valence electrons. The molecule has 0 bridgehead atoms. The number of aryl methyl sites for hydroxylation is 1. The van der Waals surface area contributed by atoms with Crippen LogP contribution in [0.15, 0.2) is 109 Å². The van der Waals surface area contributed by atoms with Crippen LogP contribution >= 0.6 is 0 Å². The first-order valence-electron chi connectivity index (χ1n) is 14.1. The van der Waals surface area contributed by atoms with Gasteiger partial charge in [0.05, 0.1) is 18.1 Å². The van der Waals surface area contributed by atoms with Crippen LogP contribution in [0.3, 0.4) is 0 Å². The Kier molecular flexibility index (Phi) is 9.16. The minimum atomic E-state index is -0.545. The van der Waals surface area contributed by atoms with E-state index in [-0.39, 0.29) is 17.2 Å². The number of benzene rings is 4. The Morgan fingerprint density at radius 2 is 1.70 bits per heavy atom. The number of nitriles is 1. The molecule has 1 aliphatic heterocycles. The van der Waals surface area contributed by atoms with Crippen LogP contribution < -0.4 is 29.4 Å². The van der Waals surface area contributed by atoms with E-state index in [2.05, 4.69) is 12.6 Å². The summed E-state index contributed by atoms with van der Waals surface area (Å²) >= 11 is 0. The van der Waals surface area contributed by atoms with Crippen molar-refractivity contribution in [1.29, 1.82) is 5.26 Å². The molecule has 4 aromatic rings. The molecule has 0 amide bonds. The first-order valence-corrected chi connectivity index (χ1v) is 14.1. The standard InChI is InChI=1S/C36H32N2O6/c1-4-18-41-27-13-10-25(11-14-27)36(39)43-28-15-16-29-32(20-28)44-35(38)30(21-37)34(29)26-12-17-31(33(19-26)40-5-2)42-22-24-8-6-23(3)7-9-24/h4,6-17,19-20,34H,1,5,18,22,38H2,2-3H3. The summed E-state index contributed by atoms with van der Waals surface area (Å²) in [5.74, 6) is 1.28. The Balaban J connectivity index is 1.39. The maximum absolute atomic E-state index is 12.8. The third-order valence-electron chi connectivity index (χ3n) is 6.97. The van der Waals surface area contributed by atoms with Crippen molar-refractivity contribution >= 4 is 5.97 Å². The van der Waals surface area contributed by atoms with Gasteiger partial charge in [0.2, 0.25) is 5.88 Å². The number of allylic oxidation sites excluding steroid dienone is 1. The van der Waals surface area contributed by atoms with Gasteiger partial charge in [0.1, 0.15) is 42.1 Å². The van der Waals surface area contributed by atoms with E-state index in [1.807, 2.05) is 56.3 Å². The van der Waals surface area contributed by atoms with Gasteiger partial charge in [0.15, 0.2) is 11.5 Å². The zero-order chi connectivity index (χ0) is 31.1. The molecule has 5 rings (SSSR count). The molecule has 0 saturated heterocycles. The average Bonchev–Trinajstić information content (AvgIpc) is 3.03. The largest absolute Gasteiger partial charge is 0.490 e. The number of fused-ring (bicyclic) bond motifs is 1. The van der Waals surface area contributed by atoms with Crippen molar-refractivity contribution in [2.24, 2.45) is 5.73 Å². The molecule has 1 aliphatic rings. The van der Waals surface area contributed by atoms with Crippen molar-refractivity contribution in [3.8, 4) is 34.8 Å². The number of rotatable bonds is 11. The zero-order valence-electron chi connectivity index (χ0n) is 24.5. The van der Waals surface area contributed by atoms with Crippen molar-refractivity contribution in [1.82, 2.24) is 0 Å². The normalized spacial score (nSPS) is 13.6. The molecule has 44 heavy (non-hydrogen) atoms. The summed E-state index contributed by atoms with van der Waals surface area (Å²) in [6.07, 6.45) is 1.64. The third-order valence-corrected chi connectivity index (χ3v) is 6.97. The maximum atomic E-state index is 12.8. The van der Waals surface area contributed by atoms with Crippen LogP contribution in [0.25, 0.3) is 0 Å². The molecule has 1 atom stereocenters. The van der Waals surface area contributed by atoms with Crippen molar-refractivity contribution < 1.29 is 28.5 Å². The average molecular weight is 589 g/mol. The van der Waals surface area contributed by atoms with E-state index in [1.165, 1.54) is 5.56 Å². The van der Waals surface area contributed by atoms with E-state index >= 15 is 0 Å². The Hall–Kier alpha value is -5.68. The van der Waals surface area contributed by atoms with Crippen molar-refractivity contribution in [3.05, 3.63) is 137 Å². The van der Waals surface area contributed by atoms with Crippen molar-refractivity contribution in [2.75, 3.05) is 13.2 Å². The fourth-order valence-corrected chi connectivity index (χ4v) is 4.79. The fraction of sp³-hybridized carbons (Fsp3) is 0.167. The molecule has 0 aromatic heterocycles. The van der Waals surface area contributed by atoms with Crippen LogP contribution in [0.1, 0.15) is 45.5 Å². The molecular weight excluding hydrogens is 556 g/mol. The lowest BCUT2D eigenvalue weighted by Crippen LogP contribution is -2.21. The molecule has 2 N–H and O–H groups in total. The number of ether oxygens (including phenoxy) is 5. The highest BCUT2D eigenvalue weighted by molar-refractivity contribution is 5.91. The first kappa shape index (κ1) is 29.8. The first-order chi connectivity index (χ1) is 21.4. The van der Waals surface area contributed by atoms with E-state index in [9.17, 15) is 10.1 Å². The van der Waals surface area contributed by atoms with Crippen LogP contribution in [0.4, 0.5) is 0 Å². The summed E-state index contributed by atoms with van der Waals surface area (Å²) < 4.78 is 29.0. The molecule has 0 fully saturated rings. The lowest BCUT2D eigenvalue weighted by Gasteiger charge is -2.27. The molecule has 8 heteroatoms. The molecule has 0 saturated carbocycles. The lowest BCUT2D eigenvalue weighted by atomic mass is 9.83. The fourth-order valence-electron chi connectivity index (χ4n) is 4.79.